The van der Waals surface area contributed by atoms with Gasteiger partial charge in [0.2, 0.25) is 10.0 Å². The predicted molar refractivity (Wildman–Crippen MR) is 92.0 cm³/mol. The van der Waals surface area contributed by atoms with Crippen LogP contribution in [0.4, 0.5) is 0 Å². The van der Waals surface area contributed by atoms with Crippen molar-refractivity contribution in [2.45, 2.75) is 45.9 Å². The number of nitrogens with one attached hydrogen (secondary N) is 1. The molecule has 1 N–H and O–H groups in total. The van der Waals surface area contributed by atoms with Gasteiger partial charge in [-0.05, 0) is 64.3 Å². The van der Waals surface area contributed by atoms with Gasteiger partial charge in [0.15, 0.2) is 0 Å². The van der Waals surface area contributed by atoms with Gasteiger partial charge < -0.3 is 9.26 Å². The smallest absolute Gasteiger partial charge is 0.240 e. The normalized spacial score (nSPS) is 11.7. The number of benzene rings is 1. The number of sulfonamides is 1. The lowest BCUT2D eigenvalue weighted by Crippen LogP contribution is -2.27. The van der Waals surface area contributed by atoms with Crippen LogP contribution in [0.15, 0.2) is 21.6 Å². The fourth-order valence-electron chi connectivity index (χ4n) is 2.61. The number of hydrogen-bond donors (Lipinski definition) is 1. The molecule has 0 saturated heterocycles. The lowest BCUT2D eigenvalue weighted by Gasteiger charge is -2.13. The van der Waals surface area contributed by atoms with Crippen LogP contribution >= 0.6 is 0 Å². The number of aryl methyl sites for hydroxylation is 4. The first-order valence-electron chi connectivity index (χ1n) is 7.91. The zero-order valence-electron chi connectivity index (χ0n) is 14.8. The molecular formula is C17H24N2O4S. The molecule has 1 aromatic carbocycles. The Morgan fingerprint density at radius 3 is 2.46 bits per heavy atom. The Balaban J connectivity index is 2.14. The minimum Gasteiger partial charge on any atom is -0.494 e. The second-order valence-electron chi connectivity index (χ2n) is 5.77. The summed E-state index contributed by atoms with van der Waals surface area (Å²) >= 11 is 0. The van der Waals surface area contributed by atoms with Crippen molar-refractivity contribution in [3.8, 4) is 5.75 Å². The highest BCUT2D eigenvalue weighted by atomic mass is 32.2. The zero-order chi connectivity index (χ0) is 17.9. The van der Waals surface area contributed by atoms with Crippen LogP contribution in [-0.4, -0.2) is 26.7 Å². The Morgan fingerprint density at radius 1 is 1.17 bits per heavy atom. The maximum Gasteiger partial charge on any atom is 0.240 e. The molecule has 0 bridgehead atoms. The first-order chi connectivity index (χ1) is 11.3. The fraction of sp³-hybridized carbons (Fsp3) is 0.471. The molecule has 132 valence electrons. The third-order valence-electron chi connectivity index (χ3n) is 3.91. The summed E-state index contributed by atoms with van der Waals surface area (Å²) in [6.45, 7) is 10.0. The molecule has 0 amide bonds. The van der Waals surface area contributed by atoms with Crippen molar-refractivity contribution >= 4 is 10.0 Å². The molecule has 0 fully saturated rings. The molecule has 1 aromatic heterocycles. The van der Waals surface area contributed by atoms with Gasteiger partial charge in [-0.15, -0.1) is 0 Å². The SMILES string of the molecule is CCOc1cc(C)c(S(=O)(=O)NCCc2c(C)noc2C)cc1C. The Hall–Kier alpha value is -1.86. The van der Waals surface area contributed by atoms with Gasteiger partial charge >= 0.3 is 0 Å². The van der Waals surface area contributed by atoms with Gasteiger partial charge in [-0.3, -0.25) is 0 Å². The van der Waals surface area contributed by atoms with E-state index in [0.29, 0.717) is 24.3 Å². The number of nitrogens with zero attached hydrogens (tertiary/aromatic N) is 1. The standard InChI is InChI=1S/C17H24N2O4S/c1-6-22-16-9-12(3)17(10-11(16)2)24(20,21)18-8-7-15-13(4)19-23-14(15)5/h9-10,18H,6-8H2,1-5H3. The molecule has 0 spiro atoms. The van der Waals surface area contributed by atoms with E-state index in [4.69, 9.17) is 9.26 Å². The van der Waals surface area contributed by atoms with Crippen LogP contribution in [0, 0.1) is 27.7 Å². The Morgan fingerprint density at radius 2 is 1.88 bits per heavy atom. The molecule has 0 aliphatic rings. The summed E-state index contributed by atoms with van der Waals surface area (Å²) in [7, 11) is -3.58. The molecule has 1 heterocycles. The molecule has 6 nitrogen and oxygen atoms in total. The van der Waals surface area contributed by atoms with Gasteiger partial charge in [0.05, 0.1) is 17.2 Å². The Labute approximate surface area is 143 Å². The van der Waals surface area contributed by atoms with Crippen LogP contribution < -0.4 is 9.46 Å². The van der Waals surface area contributed by atoms with Crippen molar-refractivity contribution in [1.82, 2.24) is 9.88 Å². The zero-order valence-corrected chi connectivity index (χ0v) is 15.6. The van der Waals surface area contributed by atoms with Crippen molar-refractivity contribution < 1.29 is 17.7 Å². The molecule has 7 heteroatoms. The first-order valence-corrected chi connectivity index (χ1v) is 9.40. The topological polar surface area (TPSA) is 81.4 Å². The summed E-state index contributed by atoms with van der Waals surface area (Å²) in [4.78, 5) is 0.280. The summed E-state index contributed by atoms with van der Waals surface area (Å²) in [5.74, 6) is 1.43. The number of rotatable bonds is 7. The van der Waals surface area contributed by atoms with E-state index in [1.807, 2.05) is 27.7 Å². The summed E-state index contributed by atoms with van der Waals surface area (Å²) in [6.07, 6.45) is 0.537. The van der Waals surface area contributed by atoms with Crippen molar-refractivity contribution in [1.29, 1.82) is 0 Å². The minimum absolute atomic E-state index is 0.280. The largest absolute Gasteiger partial charge is 0.494 e. The Kier molecular flexibility index (Phi) is 5.66. The van der Waals surface area contributed by atoms with E-state index in [-0.39, 0.29) is 11.4 Å². The summed E-state index contributed by atoms with van der Waals surface area (Å²) in [5, 5.41) is 3.88. The van der Waals surface area contributed by atoms with Gasteiger partial charge in [-0.25, -0.2) is 13.1 Å². The molecule has 0 saturated carbocycles. The molecule has 0 unspecified atom stereocenters. The molecule has 2 rings (SSSR count). The first kappa shape index (κ1) is 18.5. The monoisotopic (exact) mass is 352 g/mol. The molecule has 2 aromatic rings. The highest BCUT2D eigenvalue weighted by Crippen LogP contribution is 2.26. The quantitative estimate of drug-likeness (QED) is 0.829. The molecule has 0 aliphatic carbocycles. The van der Waals surface area contributed by atoms with Crippen LogP contribution in [0.25, 0.3) is 0 Å². The van der Waals surface area contributed by atoms with E-state index in [9.17, 15) is 8.42 Å². The third-order valence-corrected chi connectivity index (χ3v) is 5.51. The number of hydrogen-bond acceptors (Lipinski definition) is 5. The van der Waals surface area contributed by atoms with Gasteiger partial charge in [-0.1, -0.05) is 5.16 Å². The van der Waals surface area contributed by atoms with E-state index in [1.54, 1.807) is 19.1 Å². The van der Waals surface area contributed by atoms with E-state index in [2.05, 4.69) is 9.88 Å². The molecular weight excluding hydrogens is 328 g/mol. The van der Waals surface area contributed by atoms with Gasteiger partial charge in [-0.2, -0.15) is 0 Å². The van der Waals surface area contributed by atoms with Crippen LogP contribution in [0.5, 0.6) is 5.75 Å². The number of aromatic nitrogens is 1. The average molecular weight is 352 g/mol. The van der Waals surface area contributed by atoms with Gasteiger partial charge in [0.1, 0.15) is 11.5 Å². The fourth-order valence-corrected chi connectivity index (χ4v) is 3.95. The van der Waals surface area contributed by atoms with Crippen molar-refractivity contribution in [3.63, 3.8) is 0 Å². The van der Waals surface area contributed by atoms with Crippen LogP contribution in [0.3, 0.4) is 0 Å². The third kappa shape index (κ3) is 3.96. The van der Waals surface area contributed by atoms with Crippen LogP contribution in [0.1, 0.15) is 35.1 Å². The Bertz CT molecular complexity index is 806. The minimum atomic E-state index is -3.58. The van der Waals surface area contributed by atoms with Gasteiger partial charge in [0.25, 0.3) is 0 Å². The second kappa shape index (κ2) is 7.36. The maximum absolute atomic E-state index is 12.6. The summed E-state index contributed by atoms with van der Waals surface area (Å²) in [5.41, 5.74) is 3.19. The average Bonchev–Trinajstić information content (AvgIpc) is 2.82. The number of ether oxygens (including phenoxy) is 1. The van der Waals surface area contributed by atoms with Crippen molar-refractivity contribution in [3.05, 3.63) is 40.3 Å². The van der Waals surface area contributed by atoms with Crippen molar-refractivity contribution in [2.24, 2.45) is 0 Å². The van der Waals surface area contributed by atoms with Crippen molar-refractivity contribution in [2.75, 3.05) is 13.2 Å². The lowest BCUT2D eigenvalue weighted by molar-refractivity contribution is 0.337. The maximum atomic E-state index is 12.6. The molecule has 0 radical (unpaired) electrons. The van der Waals surface area contributed by atoms with Crippen LogP contribution in [-0.2, 0) is 16.4 Å². The molecule has 0 aliphatic heterocycles. The van der Waals surface area contributed by atoms with E-state index >= 15 is 0 Å². The predicted octanol–water partition coefficient (Wildman–Crippen LogP) is 2.83. The summed E-state index contributed by atoms with van der Waals surface area (Å²) < 4.78 is 38.4. The van der Waals surface area contributed by atoms with Crippen LogP contribution in [0.2, 0.25) is 0 Å². The lowest BCUT2D eigenvalue weighted by atomic mass is 10.1. The highest BCUT2D eigenvalue weighted by molar-refractivity contribution is 7.89. The molecule has 0 atom stereocenters. The molecule has 24 heavy (non-hydrogen) atoms. The second-order valence-corrected chi connectivity index (χ2v) is 7.50. The van der Waals surface area contributed by atoms with E-state index in [1.165, 1.54) is 0 Å². The highest BCUT2D eigenvalue weighted by Gasteiger charge is 2.19. The van der Waals surface area contributed by atoms with Gasteiger partial charge in [0, 0.05) is 12.1 Å². The van der Waals surface area contributed by atoms with E-state index in [0.717, 1.165) is 22.6 Å². The van der Waals surface area contributed by atoms with E-state index < -0.39 is 10.0 Å². The summed E-state index contributed by atoms with van der Waals surface area (Å²) in [6, 6.07) is 3.42.